The molecule has 0 bridgehead atoms. The number of anilines is 3. The molecule has 0 aliphatic carbocycles. The van der Waals surface area contributed by atoms with Gasteiger partial charge in [-0.2, -0.15) is 13.2 Å². The van der Waals surface area contributed by atoms with Crippen molar-refractivity contribution in [3.63, 3.8) is 0 Å². The van der Waals surface area contributed by atoms with Gasteiger partial charge < -0.3 is 20.5 Å². The Balaban J connectivity index is 1.43. The molecule has 12 heteroatoms. The molecular formula is C24H23ClF3N5O3. The summed E-state index contributed by atoms with van der Waals surface area (Å²) in [7, 11) is 0. The number of benzene rings is 2. The smallest absolute Gasteiger partial charge is 0.435 e. The number of aromatic hydroxyl groups is 1. The third kappa shape index (κ3) is 6.55. The molecule has 0 atom stereocenters. The number of phenols is 1. The Morgan fingerprint density at radius 1 is 1.14 bits per heavy atom. The van der Waals surface area contributed by atoms with Gasteiger partial charge in [0.15, 0.2) is 5.69 Å². The van der Waals surface area contributed by atoms with Crippen molar-refractivity contribution in [2.75, 3.05) is 36.9 Å². The number of hydrogen-bond acceptors (Lipinski definition) is 7. The zero-order valence-corrected chi connectivity index (χ0v) is 19.7. The molecule has 1 aromatic heterocycles. The highest BCUT2D eigenvalue weighted by Gasteiger charge is 2.37. The number of alkyl halides is 3. The number of halogens is 4. The lowest BCUT2D eigenvalue weighted by Gasteiger charge is -2.15. The van der Waals surface area contributed by atoms with E-state index >= 15 is 0 Å². The molecule has 4 rings (SSSR count). The number of nitrogens with one attached hydrogen (secondary N) is 2. The zero-order chi connectivity index (χ0) is 25.7. The molecule has 3 aromatic rings. The van der Waals surface area contributed by atoms with Crippen molar-refractivity contribution in [3.8, 4) is 11.5 Å². The van der Waals surface area contributed by atoms with E-state index in [1.807, 2.05) is 0 Å². The van der Waals surface area contributed by atoms with E-state index in [1.165, 1.54) is 25.0 Å². The number of carbonyl (C=O) groups excluding carboxylic acids is 1. The fraction of sp³-hybridized carbons (Fsp3) is 0.292. The van der Waals surface area contributed by atoms with Gasteiger partial charge in [-0.3, -0.25) is 9.69 Å². The Morgan fingerprint density at radius 2 is 1.86 bits per heavy atom. The van der Waals surface area contributed by atoms with Crippen LogP contribution in [0.15, 0.2) is 48.7 Å². The van der Waals surface area contributed by atoms with E-state index in [4.69, 9.17) is 16.3 Å². The number of phenolic OH excluding ortho intramolecular Hbond substituents is 1. The first-order valence-electron chi connectivity index (χ1n) is 11.2. The summed E-state index contributed by atoms with van der Waals surface area (Å²) in [5, 5.41) is 14.3. The van der Waals surface area contributed by atoms with E-state index in [0.717, 1.165) is 31.9 Å². The third-order valence-corrected chi connectivity index (χ3v) is 5.82. The van der Waals surface area contributed by atoms with Gasteiger partial charge in [-0.25, -0.2) is 9.97 Å². The van der Waals surface area contributed by atoms with Crippen LogP contribution in [0.25, 0.3) is 0 Å². The molecule has 36 heavy (non-hydrogen) atoms. The Kier molecular flexibility index (Phi) is 7.80. The van der Waals surface area contributed by atoms with Crippen LogP contribution >= 0.6 is 11.6 Å². The van der Waals surface area contributed by atoms with E-state index in [1.54, 1.807) is 24.3 Å². The molecule has 1 fully saturated rings. The summed E-state index contributed by atoms with van der Waals surface area (Å²) in [4.78, 5) is 22.2. The molecule has 1 amide bonds. The third-order valence-electron chi connectivity index (χ3n) is 5.49. The maximum absolute atomic E-state index is 13.7. The van der Waals surface area contributed by atoms with Crippen molar-refractivity contribution < 1.29 is 27.8 Å². The van der Waals surface area contributed by atoms with Crippen LogP contribution in [0.3, 0.4) is 0 Å². The molecule has 0 spiro atoms. The highest BCUT2D eigenvalue weighted by Crippen LogP contribution is 2.34. The number of hydrogen-bond donors (Lipinski definition) is 3. The minimum absolute atomic E-state index is 0.0402. The quantitative estimate of drug-likeness (QED) is 0.368. The van der Waals surface area contributed by atoms with Gasteiger partial charge in [0.1, 0.15) is 18.1 Å². The fourth-order valence-corrected chi connectivity index (χ4v) is 3.89. The van der Waals surface area contributed by atoms with Crippen LogP contribution in [0.5, 0.6) is 11.5 Å². The number of rotatable bonds is 8. The van der Waals surface area contributed by atoms with Gasteiger partial charge in [0, 0.05) is 12.2 Å². The number of nitrogens with zero attached hydrogens (tertiary/aromatic N) is 3. The summed E-state index contributed by atoms with van der Waals surface area (Å²) in [6.45, 7) is 3.55. The molecule has 2 aromatic carbocycles. The maximum Gasteiger partial charge on any atom is 0.435 e. The van der Waals surface area contributed by atoms with Gasteiger partial charge in [-0.05, 0) is 68.4 Å². The lowest BCUT2D eigenvalue weighted by atomic mass is 10.2. The molecule has 0 radical (unpaired) electrons. The number of carbonyl (C=O) groups is 1. The summed E-state index contributed by atoms with van der Waals surface area (Å²) in [6.07, 6.45) is -1.62. The van der Waals surface area contributed by atoms with E-state index in [-0.39, 0.29) is 22.3 Å². The predicted molar refractivity (Wildman–Crippen MR) is 129 cm³/mol. The van der Waals surface area contributed by atoms with Crippen molar-refractivity contribution in [2.24, 2.45) is 0 Å². The molecule has 190 valence electrons. The van der Waals surface area contributed by atoms with Gasteiger partial charge in [0.25, 0.3) is 5.91 Å². The lowest BCUT2D eigenvalue weighted by Crippen LogP contribution is -2.25. The summed E-state index contributed by atoms with van der Waals surface area (Å²) >= 11 is 5.92. The van der Waals surface area contributed by atoms with Crippen LogP contribution in [0, 0.1) is 0 Å². The normalized spacial score (nSPS) is 14.0. The van der Waals surface area contributed by atoms with Gasteiger partial charge in [0.2, 0.25) is 5.95 Å². The molecule has 8 nitrogen and oxygen atoms in total. The molecule has 1 aliphatic heterocycles. The zero-order valence-electron chi connectivity index (χ0n) is 19.0. The largest absolute Gasteiger partial charge is 0.508 e. The van der Waals surface area contributed by atoms with Crippen LogP contribution in [-0.4, -0.2) is 52.1 Å². The van der Waals surface area contributed by atoms with Crippen molar-refractivity contribution in [3.05, 3.63) is 64.9 Å². The SMILES string of the molecule is O=C(Nc1cnc(Nc2ccc(OCCN3CCCC3)cc2)nc1C(F)(F)F)c1cc(O)ccc1Cl. The van der Waals surface area contributed by atoms with E-state index < -0.39 is 23.5 Å². The molecule has 0 saturated carbocycles. The van der Waals surface area contributed by atoms with Gasteiger partial charge in [0.05, 0.1) is 22.5 Å². The molecule has 1 saturated heterocycles. The Morgan fingerprint density at radius 3 is 2.56 bits per heavy atom. The van der Waals surface area contributed by atoms with Gasteiger partial charge in [-0.1, -0.05) is 11.6 Å². The second-order valence-electron chi connectivity index (χ2n) is 8.12. The number of aromatic nitrogens is 2. The Bertz CT molecular complexity index is 1220. The highest BCUT2D eigenvalue weighted by atomic mass is 35.5. The average molecular weight is 522 g/mol. The molecular weight excluding hydrogens is 499 g/mol. The van der Waals surface area contributed by atoms with E-state index in [9.17, 15) is 23.1 Å². The van der Waals surface area contributed by atoms with Crippen LogP contribution in [0.2, 0.25) is 5.02 Å². The Labute approximate surface area is 210 Å². The lowest BCUT2D eigenvalue weighted by molar-refractivity contribution is -0.140. The first kappa shape index (κ1) is 25.5. The summed E-state index contributed by atoms with van der Waals surface area (Å²) < 4.78 is 46.8. The summed E-state index contributed by atoms with van der Waals surface area (Å²) in [6, 6.07) is 10.2. The minimum atomic E-state index is -4.88. The van der Waals surface area contributed by atoms with Gasteiger partial charge >= 0.3 is 6.18 Å². The molecule has 1 aliphatic rings. The molecule has 3 N–H and O–H groups in total. The number of ether oxygens (including phenoxy) is 1. The van der Waals surface area contributed by atoms with Crippen LogP contribution in [0.1, 0.15) is 28.9 Å². The Hall–Kier alpha value is -3.57. The van der Waals surface area contributed by atoms with E-state index in [0.29, 0.717) is 18.0 Å². The monoisotopic (exact) mass is 521 g/mol. The molecule has 0 unspecified atom stereocenters. The van der Waals surface area contributed by atoms with Crippen molar-refractivity contribution in [1.82, 2.24) is 14.9 Å². The summed E-state index contributed by atoms with van der Waals surface area (Å²) in [5.74, 6) is -0.885. The van der Waals surface area contributed by atoms with Crippen molar-refractivity contribution >= 4 is 34.8 Å². The van der Waals surface area contributed by atoms with Crippen LogP contribution in [-0.2, 0) is 6.18 Å². The second-order valence-corrected chi connectivity index (χ2v) is 8.53. The van der Waals surface area contributed by atoms with E-state index in [2.05, 4.69) is 25.5 Å². The maximum atomic E-state index is 13.7. The van der Waals surface area contributed by atoms with Crippen molar-refractivity contribution in [2.45, 2.75) is 19.0 Å². The topological polar surface area (TPSA) is 99.6 Å². The number of amides is 1. The standard InChI is InChI=1S/C24H23ClF3N5O3/c25-19-8-5-16(34)13-18(19)22(35)31-20-14-29-23(32-21(20)24(26,27)28)30-15-3-6-17(7-4-15)36-12-11-33-9-1-2-10-33/h3-8,13-14,34H,1-2,9-12H2,(H,31,35)(H,29,30,32). The average Bonchev–Trinajstić information content (AvgIpc) is 3.35. The molecule has 2 heterocycles. The van der Waals surface area contributed by atoms with Gasteiger partial charge in [-0.15, -0.1) is 0 Å². The van der Waals surface area contributed by atoms with Crippen LogP contribution in [0.4, 0.5) is 30.5 Å². The second kappa shape index (κ2) is 11.0. The van der Waals surface area contributed by atoms with Crippen molar-refractivity contribution in [1.29, 1.82) is 0 Å². The fourth-order valence-electron chi connectivity index (χ4n) is 3.69. The van der Waals surface area contributed by atoms with Crippen LogP contribution < -0.4 is 15.4 Å². The highest BCUT2D eigenvalue weighted by molar-refractivity contribution is 6.34. The first-order chi connectivity index (χ1) is 17.2. The first-order valence-corrected chi connectivity index (χ1v) is 11.5. The predicted octanol–water partition coefficient (Wildman–Crippen LogP) is 5.32. The minimum Gasteiger partial charge on any atom is -0.508 e. The number of likely N-dealkylation sites (tertiary alicyclic amines) is 1. The summed E-state index contributed by atoms with van der Waals surface area (Å²) in [5.41, 5.74) is -1.74.